The number of benzene rings is 2. The highest BCUT2D eigenvalue weighted by Gasteiger charge is 2.22. The zero-order valence-electron chi connectivity index (χ0n) is 13.7. The maximum atomic E-state index is 12.3. The number of nitrogens with one attached hydrogen (secondary N) is 1. The second kappa shape index (κ2) is 6.35. The normalized spacial score (nSPS) is 15.4. The van der Waals surface area contributed by atoms with Gasteiger partial charge in [0.1, 0.15) is 12.0 Å². The van der Waals surface area contributed by atoms with Crippen LogP contribution in [0.3, 0.4) is 0 Å². The Bertz CT molecular complexity index is 955. The van der Waals surface area contributed by atoms with E-state index in [9.17, 15) is 15.0 Å². The third-order valence-corrected chi connectivity index (χ3v) is 4.87. The fraction of sp³-hybridized carbons (Fsp3) is 0.250. The Kier molecular flexibility index (Phi) is 4.03. The van der Waals surface area contributed by atoms with Gasteiger partial charge in [-0.15, -0.1) is 0 Å². The molecule has 1 heterocycles. The molecule has 1 aliphatic carbocycles. The molecule has 0 radical (unpaired) electrons. The van der Waals surface area contributed by atoms with Crippen molar-refractivity contribution in [1.29, 1.82) is 0 Å². The van der Waals surface area contributed by atoms with Crippen molar-refractivity contribution in [1.82, 2.24) is 9.88 Å². The summed E-state index contributed by atoms with van der Waals surface area (Å²) in [6.07, 6.45) is 0.783. The number of aliphatic hydroxyl groups excluding tert-OH is 1. The van der Waals surface area contributed by atoms with Crippen molar-refractivity contribution in [3.8, 4) is 5.75 Å². The average molecular weight is 336 g/mol. The molecule has 4 rings (SSSR count). The number of pyridine rings is 1. The standard InChI is InChI=1S/C20H20N2O3/c23-17-7-3-6-13-8-9-18(24)22(20(13)17)19(25)12-21-16-10-14-4-1-2-5-15(14)11-16/h1-9,16,19,21,23,25H,10-12H2/t19-/m0/s1. The molecular formula is C20H20N2O3. The fourth-order valence-corrected chi connectivity index (χ4v) is 3.66. The molecule has 3 N–H and O–H groups in total. The monoisotopic (exact) mass is 336 g/mol. The molecule has 0 spiro atoms. The van der Waals surface area contributed by atoms with Crippen LogP contribution < -0.4 is 10.9 Å². The molecule has 0 saturated heterocycles. The lowest BCUT2D eigenvalue weighted by Gasteiger charge is -2.20. The number of rotatable bonds is 4. The van der Waals surface area contributed by atoms with E-state index in [1.54, 1.807) is 18.2 Å². The molecular weight excluding hydrogens is 316 g/mol. The SMILES string of the molecule is O=c1ccc2cccc(O)c2n1[C@@H](O)CNC1Cc2ccccc2C1. The minimum atomic E-state index is -1.05. The maximum Gasteiger partial charge on any atom is 0.253 e. The zero-order chi connectivity index (χ0) is 17.4. The van der Waals surface area contributed by atoms with E-state index in [2.05, 4.69) is 17.4 Å². The Morgan fingerprint density at radius 1 is 1.04 bits per heavy atom. The van der Waals surface area contributed by atoms with Crippen molar-refractivity contribution in [3.05, 3.63) is 76.1 Å². The highest BCUT2D eigenvalue weighted by Crippen LogP contribution is 2.25. The molecule has 1 aliphatic rings. The van der Waals surface area contributed by atoms with Crippen molar-refractivity contribution < 1.29 is 10.2 Å². The topological polar surface area (TPSA) is 74.5 Å². The van der Waals surface area contributed by atoms with E-state index in [1.807, 2.05) is 12.1 Å². The van der Waals surface area contributed by atoms with Crippen LogP contribution in [0.2, 0.25) is 0 Å². The summed E-state index contributed by atoms with van der Waals surface area (Å²) < 4.78 is 1.25. The number of phenols is 1. The van der Waals surface area contributed by atoms with E-state index in [4.69, 9.17) is 0 Å². The van der Waals surface area contributed by atoms with Gasteiger partial charge in [0.05, 0.1) is 5.52 Å². The quantitative estimate of drug-likeness (QED) is 0.681. The number of aliphatic hydroxyl groups is 1. The van der Waals surface area contributed by atoms with Gasteiger partial charge in [-0.1, -0.05) is 36.4 Å². The zero-order valence-corrected chi connectivity index (χ0v) is 13.7. The van der Waals surface area contributed by atoms with Crippen LogP contribution in [-0.2, 0) is 12.8 Å². The summed E-state index contributed by atoms with van der Waals surface area (Å²) in [5.74, 6) is -0.0116. The molecule has 0 aliphatic heterocycles. The first-order valence-corrected chi connectivity index (χ1v) is 8.45. The van der Waals surface area contributed by atoms with Crippen molar-refractivity contribution in [2.75, 3.05) is 6.54 Å². The molecule has 5 heteroatoms. The van der Waals surface area contributed by atoms with Crippen LogP contribution in [-0.4, -0.2) is 27.4 Å². The molecule has 0 amide bonds. The summed E-state index contributed by atoms with van der Waals surface area (Å²) in [6, 6.07) is 16.7. The van der Waals surface area contributed by atoms with Gasteiger partial charge >= 0.3 is 0 Å². The van der Waals surface area contributed by atoms with Crippen LogP contribution >= 0.6 is 0 Å². The predicted octanol–water partition coefficient (Wildman–Crippen LogP) is 1.95. The number of hydrogen-bond acceptors (Lipinski definition) is 4. The van der Waals surface area contributed by atoms with Gasteiger partial charge in [-0.05, 0) is 36.1 Å². The van der Waals surface area contributed by atoms with Crippen LogP contribution in [0.1, 0.15) is 17.4 Å². The van der Waals surface area contributed by atoms with Gasteiger partial charge in [0.25, 0.3) is 5.56 Å². The summed E-state index contributed by atoms with van der Waals surface area (Å²) in [5, 5.41) is 24.8. The van der Waals surface area contributed by atoms with Gasteiger partial charge in [0.2, 0.25) is 0 Å². The molecule has 0 saturated carbocycles. The first-order valence-electron chi connectivity index (χ1n) is 8.45. The first kappa shape index (κ1) is 15.9. The van der Waals surface area contributed by atoms with Crippen LogP contribution in [0.15, 0.2) is 59.4 Å². The largest absolute Gasteiger partial charge is 0.506 e. The highest BCUT2D eigenvalue weighted by atomic mass is 16.3. The Hall–Kier alpha value is -2.63. The number of nitrogens with zero attached hydrogens (tertiary/aromatic N) is 1. The third kappa shape index (κ3) is 2.92. The first-order chi connectivity index (χ1) is 12.1. The minimum absolute atomic E-state index is 0.0116. The molecule has 2 aromatic carbocycles. The van der Waals surface area contributed by atoms with Gasteiger partial charge < -0.3 is 15.5 Å². The Morgan fingerprint density at radius 2 is 1.76 bits per heavy atom. The Balaban J connectivity index is 1.55. The predicted molar refractivity (Wildman–Crippen MR) is 96.8 cm³/mol. The van der Waals surface area contributed by atoms with Crippen molar-refractivity contribution in [3.63, 3.8) is 0 Å². The van der Waals surface area contributed by atoms with Crippen LogP contribution in [0.25, 0.3) is 10.9 Å². The number of para-hydroxylation sites is 1. The molecule has 0 bridgehead atoms. The number of hydrogen-bond donors (Lipinski definition) is 3. The Labute approximate surface area is 145 Å². The number of aromatic nitrogens is 1. The Morgan fingerprint density at radius 3 is 2.48 bits per heavy atom. The number of phenolic OH excluding ortho intramolecular Hbond substituents is 1. The summed E-state index contributed by atoms with van der Waals surface area (Å²) >= 11 is 0. The fourth-order valence-electron chi connectivity index (χ4n) is 3.66. The van der Waals surface area contributed by atoms with Gasteiger partial charge in [0.15, 0.2) is 0 Å². The van der Waals surface area contributed by atoms with Crippen LogP contribution in [0.5, 0.6) is 5.75 Å². The van der Waals surface area contributed by atoms with E-state index < -0.39 is 6.23 Å². The lowest BCUT2D eigenvalue weighted by molar-refractivity contribution is 0.1000. The van der Waals surface area contributed by atoms with Gasteiger partial charge in [-0.3, -0.25) is 9.36 Å². The van der Waals surface area contributed by atoms with E-state index in [0.717, 1.165) is 12.8 Å². The second-order valence-corrected chi connectivity index (χ2v) is 6.52. The van der Waals surface area contributed by atoms with Crippen molar-refractivity contribution in [2.24, 2.45) is 0 Å². The summed E-state index contributed by atoms with van der Waals surface area (Å²) in [5.41, 5.74) is 2.68. The average Bonchev–Trinajstić information content (AvgIpc) is 3.03. The lowest BCUT2D eigenvalue weighted by Crippen LogP contribution is -2.37. The van der Waals surface area contributed by atoms with Gasteiger partial charge in [-0.2, -0.15) is 0 Å². The lowest BCUT2D eigenvalue weighted by atomic mass is 10.1. The molecule has 128 valence electrons. The molecule has 0 unspecified atom stereocenters. The molecule has 0 fully saturated rings. The smallest absolute Gasteiger partial charge is 0.253 e. The van der Waals surface area contributed by atoms with Gasteiger partial charge in [0, 0.05) is 24.0 Å². The van der Waals surface area contributed by atoms with E-state index >= 15 is 0 Å². The van der Waals surface area contributed by atoms with E-state index in [1.165, 1.54) is 27.8 Å². The minimum Gasteiger partial charge on any atom is -0.506 e. The van der Waals surface area contributed by atoms with Crippen molar-refractivity contribution in [2.45, 2.75) is 25.1 Å². The molecule has 3 aromatic rings. The number of fused-ring (bicyclic) bond motifs is 2. The van der Waals surface area contributed by atoms with E-state index in [0.29, 0.717) is 10.9 Å². The summed E-state index contributed by atoms with van der Waals surface area (Å²) in [6.45, 7) is 0.242. The van der Waals surface area contributed by atoms with Crippen LogP contribution in [0, 0.1) is 0 Å². The highest BCUT2D eigenvalue weighted by molar-refractivity contribution is 5.84. The molecule has 5 nitrogen and oxygen atoms in total. The summed E-state index contributed by atoms with van der Waals surface area (Å²) in [4.78, 5) is 12.3. The van der Waals surface area contributed by atoms with Crippen molar-refractivity contribution >= 4 is 10.9 Å². The number of aromatic hydroxyl groups is 1. The molecule has 25 heavy (non-hydrogen) atoms. The third-order valence-electron chi connectivity index (χ3n) is 4.87. The van der Waals surface area contributed by atoms with E-state index in [-0.39, 0.29) is 23.9 Å². The van der Waals surface area contributed by atoms with Gasteiger partial charge in [-0.25, -0.2) is 0 Å². The molecule has 1 atom stereocenters. The maximum absolute atomic E-state index is 12.3. The second-order valence-electron chi connectivity index (χ2n) is 6.52. The molecule has 1 aromatic heterocycles. The summed E-state index contributed by atoms with van der Waals surface area (Å²) in [7, 11) is 0. The van der Waals surface area contributed by atoms with Crippen LogP contribution in [0.4, 0.5) is 0 Å².